The highest BCUT2D eigenvalue weighted by Crippen LogP contribution is 2.35. The van der Waals surface area contributed by atoms with Crippen LogP contribution in [0.3, 0.4) is 0 Å². The maximum atomic E-state index is 12.9. The van der Waals surface area contributed by atoms with Crippen LogP contribution < -0.4 is 9.47 Å². The fourth-order valence-electron chi connectivity index (χ4n) is 3.80. The van der Waals surface area contributed by atoms with Crippen LogP contribution in [-0.2, 0) is 4.79 Å². The summed E-state index contributed by atoms with van der Waals surface area (Å²) < 4.78 is 16.7. The van der Waals surface area contributed by atoms with Crippen LogP contribution in [0.15, 0.2) is 52.0 Å². The summed E-state index contributed by atoms with van der Waals surface area (Å²) in [5, 5.41) is 4.05. The molecule has 0 N–H and O–H groups in total. The molecule has 5 rings (SSSR count). The molecule has 1 aromatic carbocycles. The van der Waals surface area contributed by atoms with Crippen molar-refractivity contribution in [3.63, 3.8) is 0 Å². The molecule has 0 saturated carbocycles. The minimum Gasteiger partial charge on any atom is -0.486 e. The number of thioether (sulfide) groups is 1. The molecule has 2 aliphatic heterocycles. The fourth-order valence-corrected chi connectivity index (χ4v) is 4.67. The summed E-state index contributed by atoms with van der Waals surface area (Å²) in [6, 6.07) is 11.3. The number of pyridine rings is 1. The molecule has 160 valence electrons. The number of nitrogens with zero attached hydrogens (tertiary/aromatic N) is 4. The van der Waals surface area contributed by atoms with Crippen LogP contribution in [0.2, 0.25) is 0 Å². The Hall–Kier alpha value is -3.07. The van der Waals surface area contributed by atoms with E-state index in [0.717, 1.165) is 29.2 Å². The first-order valence-corrected chi connectivity index (χ1v) is 11.3. The Bertz CT molecular complexity index is 1060. The molecule has 0 aliphatic carbocycles. The van der Waals surface area contributed by atoms with E-state index in [2.05, 4.69) is 15.1 Å². The normalized spacial score (nSPS) is 17.7. The molecule has 9 heteroatoms. The number of ether oxygens (including phenoxy) is 2. The Morgan fingerprint density at radius 1 is 1.16 bits per heavy atom. The number of rotatable bonds is 6. The van der Waals surface area contributed by atoms with E-state index in [0.29, 0.717) is 49.3 Å². The summed E-state index contributed by atoms with van der Waals surface area (Å²) in [5.41, 5.74) is 0.657. The quantitative estimate of drug-likeness (QED) is 0.538. The molecule has 3 aromatic rings. The van der Waals surface area contributed by atoms with Crippen LogP contribution in [0.1, 0.15) is 31.2 Å². The summed E-state index contributed by atoms with van der Waals surface area (Å²) in [4.78, 5) is 24.6. The molecule has 0 unspecified atom stereocenters. The summed E-state index contributed by atoms with van der Waals surface area (Å²) >= 11 is 1.64. The number of likely N-dealkylation sites (tertiary alicyclic amines) is 1. The lowest BCUT2D eigenvalue weighted by Gasteiger charge is -2.22. The number of carbonyl (C=O) groups excluding carboxylic acids is 1. The summed E-state index contributed by atoms with van der Waals surface area (Å²) in [6.45, 7) is 1.85. The third kappa shape index (κ3) is 4.36. The van der Waals surface area contributed by atoms with Gasteiger partial charge in [-0.2, -0.15) is 4.98 Å². The van der Waals surface area contributed by atoms with Gasteiger partial charge in [0.25, 0.3) is 0 Å². The zero-order valence-electron chi connectivity index (χ0n) is 16.9. The van der Waals surface area contributed by atoms with Gasteiger partial charge >= 0.3 is 0 Å². The Morgan fingerprint density at radius 2 is 2.06 bits per heavy atom. The van der Waals surface area contributed by atoms with Gasteiger partial charge < -0.3 is 18.9 Å². The number of hydrogen-bond donors (Lipinski definition) is 0. The number of carbonyl (C=O) groups is 1. The molecule has 1 amide bonds. The average molecular weight is 439 g/mol. The van der Waals surface area contributed by atoms with Gasteiger partial charge in [0.05, 0.1) is 0 Å². The number of benzene rings is 1. The van der Waals surface area contributed by atoms with Crippen molar-refractivity contribution in [2.45, 2.75) is 30.2 Å². The fraction of sp³-hybridized carbons (Fsp3) is 0.364. The lowest BCUT2D eigenvalue weighted by atomic mass is 10.2. The zero-order chi connectivity index (χ0) is 21.0. The van der Waals surface area contributed by atoms with Crippen LogP contribution in [0.4, 0.5) is 0 Å². The number of aromatic nitrogens is 3. The van der Waals surface area contributed by atoms with E-state index in [-0.39, 0.29) is 11.9 Å². The highest BCUT2D eigenvalue weighted by atomic mass is 32.2. The SMILES string of the molecule is O=C(CCSc1ccc2c(c1)OCCO2)N1CCC[C@H]1c1nc(-c2ccccn2)no1. The van der Waals surface area contributed by atoms with E-state index in [4.69, 9.17) is 14.0 Å². The highest BCUT2D eigenvalue weighted by molar-refractivity contribution is 7.99. The minimum absolute atomic E-state index is 0.102. The van der Waals surface area contributed by atoms with Gasteiger partial charge in [-0.1, -0.05) is 11.2 Å². The molecule has 2 aliphatic rings. The Balaban J connectivity index is 1.19. The van der Waals surface area contributed by atoms with Crippen molar-refractivity contribution in [3.05, 3.63) is 48.5 Å². The highest BCUT2D eigenvalue weighted by Gasteiger charge is 2.34. The predicted octanol–water partition coefficient (Wildman–Crippen LogP) is 3.75. The van der Waals surface area contributed by atoms with E-state index in [1.54, 1.807) is 18.0 Å². The second-order valence-electron chi connectivity index (χ2n) is 7.32. The third-order valence-corrected chi connectivity index (χ3v) is 6.29. The van der Waals surface area contributed by atoms with Gasteiger partial charge in [-0.05, 0) is 43.2 Å². The third-order valence-electron chi connectivity index (χ3n) is 5.29. The van der Waals surface area contributed by atoms with Gasteiger partial charge in [-0.15, -0.1) is 11.8 Å². The number of amides is 1. The molecule has 8 nitrogen and oxygen atoms in total. The van der Waals surface area contributed by atoms with Crippen molar-refractivity contribution in [1.82, 2.24) is 20.0 Å². The number of hydrogen-bond acceptors (Lipinski definition) is 8. The topological polar surface area (TPSA) is 90.6 Å². The van der Waals surface area contributed by atoms with E-state index >= 15 is 0 Å². The zero-order valence-corrected chi connectivity index (χ0v) is 17.7. The summed E-state index contributed by atoms with van der Waals surface area (Å²) in [5.74, 6) is 3.25. The van der Waals surface area contributed by atoms with Crippen molar-refractivity contribution in [3.8, 4) is 23.0 Å². The van der Waals surface area contributed by atoms with Crippen LogP contribution in [0.5, 0.6) is 11.5 Å². The average Bonchev–Trinajstić information content (AvgIpc) is 3.49. The molecule has 2 aromatic heterocycles. The van der Waals surface area contributed by atoms with Gasteiger partial charge in [-0.25, -0.2) is 0 Å². The molecule has 4 heterocycles. The molecular weight excluding hydrogens is 416 g/mol. The molecular formula is C22H22N4O4S. The standard InChI is InChI=1S/C22H22N4O4S/c27-20(8-13-31-15-6-7-18-19(14-15)29-12-11-28-18)26-10-3-5-17(26)22-24-21(25-30-22)16-4-1-2-9-23-16/h1-2,4,6-7,9,14,17H,3,5,8,10-13H2/t17-/m0/s1. The molecule has 0 radical (unpaired) electrons. The number of fused-ring (bicyclic) bond motifs is 1. The maximum Gasteiger partial charge on any atom is 0.249 e. The Labute approximate surface area is 183 Å². The van der Waals surface area contributed by atoms with Crippen LogP contribution >= 0.6 is 11.8 Å². The molecule has 0 spiro atoms. The van der Waals surface area contributed by atoms with Crippen molar-refractivity contribution in [2.75, 3.05) is 25.5 Å². The van der Waals surface area contributed by atoms with Gasteiger partial charge in [-0.3, -0.25) is 9.78 Å². The summed E-state index contributed by atoms with van der Waals surface area (Å²) in [7, 11) is 0. The van der Waals surface area contributed by atoms with Crippen molar-refractivity contribution in [2.24, 2.45) is 0 Å². The first kappa shape index (κ1) is 19.9. The molecule has 1 saturated heterocycles. The van der Waals surface area contributed by atoms with Gasteiger partial charge in [0.2, 0.25) is 17.6 Å². The van der Waals surface area contributed by atoms with E-state index < -0.39 is 0 Å². The van der Waals surface area contributed by atoms with Crippen LogP contribution in [-0.4, -0.2) is 51.4 Å². The monoisotopic (exact) mass is 438 g/mol. The van der Waals surface area contributed by atoms with Gasteiger partial charge in [0.15, 0.2) is 11.5 Å². The molecule has 0 bridgehead atoms. The van der Waals surface area contributed by atoms with Crippen molar-refractivity contribution >= 4 is 17.7 Å². The first-order valence-electron chi connectivity index (χ1n) is 10.3. The minimum atomic E-state index is -0.170. The van der Waals surface area contributed by atoms with Crippen LogP contribution in [0, 0.1) is 0 Å². The second-order valence-corrected chi connectivity index (χ2v) is 8.49. The van der Waals surface area contributed by atoms with Gasteiger partial charge in [0, 0.05) is 29.8 Å². The lowest BCUT2D eigenvalue weighted by molar-refractivity contribution is -0.132. The Morgan fingerprint density at radius 3 is 2.94 bits per heavy atom. The molecule has 1 fully saturated rings. The van der Waals surface area contributed by atoms with Crippen LogP contribution in [0.25, 0.3) is 11.5 Å². The van der Waals surface area contributed by atoms with Gasteiger partial charge in [0.1, 0.15) is 24.9 Å². The predicted molar refractivity (Wildman–Crippen MR) is 114 cm³/mol. The van der Waals surface area contributed by atoms with E-state index in [9.17, 15) is 4.79 Å². The van der Waals surface area contributed by atoms with E-state index in [1.165, 1.54) is 0 Å². The maximum absolute atomic E-state index is 12.9. The van der Waals surface area contributed by atoms with Crippen molar-refractivity contribution < 1.29 is 18.8 Å². The van der Waals surface area contributed by atoms with E-state index in [1.807, 2.05) is 41.3 Å². The second kappa shape index (κ2) is 8.97. The molecule has 1 atom stereocenters. The molecule has 31 heavy (non-hydrogen) atoms. The largest absolute Gasteiger partial charge is 0.486 e. The first-order chi connectivity index (χ1) is 15.3. The summed E-state index contributed by atoms with van der Waals surface area (Å²) in [6.07, 6.45) is 3.88. The Kier molecular flexibility index (Phi) is 5.75. The smallest absolute Gasteiger partial charge is 0.249 e. The van der Waals surface area contributed by atoms with Crippen molar-refractivity contribution in [1.29, 1.82) is 0 Å². The lowest BCUT2D eigenvalue weighted by Crippen LogP contribution is -2.30.